The molecule has 3 aliphatic rings. The van der Waals surface area contributed by atoms with Crippen LogP contribution in [0.2, 0.25) is 0 Å². The molecule has 2 atom stereocenters. The zero-order valence-corrected chi connectivity index (χ0v) is 17.1. The van der Waals surface area contributed by atoms with Gasteiger partial charge in [-0.3, -0.25) is 9.69 Å². The highest BCUT2D eigenvalue weighted by Gasteiger charge is 2.54. The molecule has 29 heavy (non-hydrogen) atoms. The Kier molecular flexibility index (Phi) is 4.71. The van der Waals surface area contributed by atoms with Crippen LogP contribution in [0.5, 0.6) is 0 Å². The lowest BCUT2D eigenvalue weighted by Crippen LogP contribution is -2.51. The lowest BCUT2D eigenvalue weighted by molar-refractivity contribution is -0.0186. The number of hydrogen-bond donors (Lipinski definition) is 1. The van der Waals surface area contributed by atoms with Gasteiger partial charge in [0.15, 0.2) is 5.82 Å². The first-order valence-electron chi connectivity index (χ1n) is 10.9. The van der Waals surface area contributed by atoms with Crippen molar-refractivity contribution in [3.63, 3.8) is 0 Å². The third-order valence-electron chi connectivity index (χ3n) is 7.42. The van der Waals surface area contributed by atoms with Crippen LogP contribution in [-0.4, -0.2) is 62.6 Å². The van der Waals surface area contributed by atoms with Gasteiger partial charge in [-0.1, -0.05) is 30.7 Å². The van der Waals surface area contributed by atoms with E-state index in [9.17, 15) is 9.90 Å². The normalized spacial score (nSPS) is 26.6. The molecule has 2 aliphatic heterocycles. The van der Waals surface area contributed by atoms with Gasteiger partial charge >= 0.3 is 0 Å². The Morgan fingerprint density at radius 2 is 1.83 bits per heavy atom. The fourth-order valence-corrected chi connectivity index (χ4v) is 5.82. The molecule has 0 bridgehead atoms. The van der Waals surface area contributed by atoms with E-state index in [1.165, 1.54) is 30.4 Å². The minimum Gasteiger partial charge on any atom is -0.390 e. The molecule has 1 N–H and O–H groups in total. The number of nitrogens with zero attached hydrogens (tertiary/aromatic N) is 4. The summed E-state index contributed by atoms with van der Waals surface area (Å²) >= 11 is 0. The summed E-state index contributed by atoms with van der Waals surface area (Å²) < 4.78 is 1.78. The van der Waals surface area contributed by atoms with Gasteiger partial charge in [0.05, 0.1) is 12.1 Å². The van der Waals surface area contributed by atoms with Crippen molar-refractivity contribution in [1.82, 2.24) is 19.4 Å². The summed E-state index contributed by atoms with van der Waals surface area (Å²) in [6.45, 7) is 3.44. The van der Waals surface area contributed by atoms with Crippen LogP contribution >= 0.6 is 0 Å². The fourth-order valence-electron chi connectivity index (χ4n) is 5.82. The molecule has 6 heteroatoms. The largest absolute Gasteiger partial charge is 0.390 e. The van der Waals surface area contributed by atoms with Crippen molar-refractivity contribution in [2.75, 3.05) is 26.2 Å². The lowest BCUT2D eigenvalue weighted by atomic mass is 9.72. The van der Waals surface area contributed by atoms with Crippen LogP contribution in [0.1, 0.15) is 59.9 Å². The van der Waals surface area contributed by atoms with Gasteiger partial charge in [-0.25, -0.2) is 4.98 Å². The standard InChI is InChI=1S/C23H30N4O2/c1-25-16-11-24-21(25)22(29)27-14-9-23(10-15-27)18-8-4-3-7-17(18)19(20(23)28)26-12-5-2-6-13-26/h3-4,7-8,11,16,19-20,28H,2,5-6,9-10,12-15H2,1H3/t19-,20+/m1/s1. The topological polar surface area (TPSA) is 61.6 Å². The summed E-state index contributed by atoms with van der Waals surface area (Å²) in [6.07, 6.45) is 8.36. The first kappa shape index (κ1) is 18.8. The predicted octanol–water partition coefficient (Wildman–Crippen LogP) is 2.50. The van der Waals surface area contributed by atoms with Crippen LogP contribution in [0.4, 0.5) is 0 Å². The SMILES string of the molecule is Cn1ccnc1C(=O)N1CCC2(CC1)c1ccccc1[C@@H](N1CCCCC1)[C@@H]2O. The number of amides is 1. The van der Waals surface area contributed by atoms with Crippen molar-refractivity contribution in [2.24, 2.45) is 7.05 Å². The number of rotatable bonds is 2. The Morgan fingerprint density at radius 3 is 2.52 bits per heavy atom. The summed E-state index contributed by atoms with van der Waals surface area (Å²) in [7, 11) is 1.85. The number of fused-ring (bicyclic) bond motifs is 2. The number of piperidine rings is 2. The maximum absolute atomic E-state index is 12.9. The van der Waals surface area contributed by atoms with Gasteiger partial charge < -0.3 is 14.6 Å². The first-order chi connectivity index (χ1) is 14.1. The molecule has 1 aromatic heterocycles. The van der Waals surface area contributed by atoms with E-state index in [0.29, 0.717) is 18.9 Å². The van der Waals surface area contributed by atoms with Crippen LogP contribution in [0.3, 0.4) is 0 Å². The second-order valence-corrected chi connectivity index (χ2v) is 8.88. The van der Waals surface area contributed by atoms with Crippen LogP contribution in [-0.2, 0) is 12.5 Å². The van der Waals surface area contributed by atoms with Gasteiger partial charge in [-0.2, -0.15) is 0 Å². The van der Waals surface area contributed by atoms with E-state index < -0.39 is 6.10 Å². The molecule has 0 radical (unpaired) electrons. The average Bonchev–Trinajstić information content (AvgIpc) is 3.29. The molecular formula is C23H30N4O2. The fraction of sp³-hybridized carbons (Fsp3) is 0.565. The average molecular weight is 395 g/mol. The van der Waals surface area contributed by atoms with Crippen molar-refractivity contribution in [3.8, 4) is 0 Å². The summed E-state index contributed by atoms with van der Waals surface area (Å²) in [5.41, 5.74) is 2.34. The number of hydrogen-bond acceptors (Lipinski definition) is 4. The number of imidazole rings is 1. The molecule has 1 aromatic carbocycles. The van der Waals surface area contributed by atoms with Gasteiger partial charge in [0, 0.05) is 37.9 Å². The van der Waals surface area contributed by atoms with Crippen molar-refractivity contribution < 1.29 is 9.90 Å². The van der Waals surface area contributed by atoms with Gasteiger partial charge in [0.2, 0.25) is 0 Å². The number of aromatic nitrogens is 2. The van der Waals surface area contributed by atoms with Gasteiger partial charge in [0.1, 0.15) is 0 Å². The summed E-state index contributed by atoms with van der Waals surface area (Å²) in [4.78, 5) is 21.5. The third-order valence-corrected chi connectivity index (χ3v) is 7.42. The summed E-state index contributed by atoms with van der Waals surface area (Å²) in [6, 6.07) is 8.69. The van der Waals surface area contributed by atoms with Crippen LogP contribution in [0.25, 0.3) is 0 Å². The highest BCUT2D eigenvalue weighted by atomic mass is 16.3. The number of likely N-dealkylation sites (tertiary alicyclic amines) is 2. The van der Waals surface area contributed by atoms with Crippen molar-refractivity contribution >= 4 is 5.91 Å². The minimum atomic E-state index is -0.414. The quantitative estimate of drug-likeness (QED) is 0.850. The van der Waals surface area contributed by atoms with Crippen molar-refractivity contribution in [2.45, 2.75) is 49.7 Å². The van der Waals surface area contributed by atoms with E-state index in [-0.39, 0.29) is 17.4 Å². The molecule has 1 aliphatic carbocycles. The molecule has 0 unspecified atom stereocenters. The monoisotopic (exact) mass is 394 g/mol. The maximum Gasteiger partial charge on any atom is 0.289 e. The molecule has 1 spiro atoms. The zero-order valence-electron chi connectivity index (χ0n) is 17.1. The molecule has 0 saturated carbocycles. The number of aliphatic hydroxyl groups is 1. The van der Waals surface area contributed by atoms with Crippen LogP contribution in [0, 0.1) is 0 Å². The first-order valence-corrected chi connectivity index (χ1v) is 10.9. The Balaban J connectivity index is 1.41. The molecule has 2 fully saturated rings. The van der Waals surface area contributed by atoms with E-state index in [4.69, 9.17) is 0 Å². The Bertz CT molecular complexity index is 894. The smallest absolute Gasteiger partial charge is 0.289 e. The van der Waals surface area contributed by atoms with Gasteiger partial charge in [0.25, 0.3) is 5.91 Å². The van der Waals surface area contributed by atoms with Gasteiger partial charge in [-0.05, 0) is 49.9 Å². The van der Waals surface area contributed by atoms with E-state index in [1.54, 1.807) is 17.0 Å². The van der Waals surface area contributed by atoms with Crippen molar-refractivity contribution in [3.05, 3.63) is 53.6 Å². The Labute approximate surface area is 172 Å². The summed E-state index contributed by atoms with van der Waals surface area (Å²) in [5, 5.41) is 11.6. The molecule has 154 valence electrons. The minimum absolute atomic E-state index is 0.0132. The molecular weight excluding hydrogens is 364 g/mol. The molecule has 6 nitrogen and oxygen atoms in total. The van der Waals surface area contributed by atoms with E-state index in [2.05, 4.69) is 34.1 Å². The number of benzene rings is 1. The van der Waals surface area contributed by atoms with Crippen molar-refractivity contribution in [1.29, 1.82) is 0 Å². The second-order valence-electron chi connectivity index (χ2n) is 8.88. The van der Waals surface area contributed by atoms with Crippen LogP contribution < -0.4 is 0 Å². The third kappa shape index (κ3) is 2.92. The lowest BCUT2D eigenvalue weighted by Gasteiger charge is -2.44. The highest BCUT2D eigenvalue weighted by Crippen LogP contribution is 2.53. The van der Waals surface area contributed by atoms with Crippen LogP contribution in [0.15, 0.2) is 36.7 Å². The zero-order chi connectivity index (χ0) is 20.0. The Hall–Kier alpha value is -2.18. The summed E-state index contributed by atoms with van der Waals surface area (Å²) in [5.74, 6) is 0.472. The maximum atomic E-state index is 12.9. The molecule has 3 heterocycles. The number of carbonyl (C=O) groups is 1. The van der Waals surface area contributed by atoms with E-state index in [0.717, 1.165) is 25.9 Å². The predicted molar refractivity (Wildman–Crippen MR) is 111 cm³/mol. The van der Waals surface area contributed by atoms with E-state index in [1.807, 2.05) is 11.9 Å². The number of carbonyl (C=O) groups excluding carboxylic acids is 1. The number of aryl methyl sites for hydroxylation is 1. The van der Waals surface area contributed by atoms with E-state index >= 15 is 0 Å². The molecule has 5 rings (SSSR count). The molecule has 1 amide bonds. The molecule has 2 aromatic rings. The van der Waals surface area contributed by atoms with Gasteiger partial charge in [-0.15, -0.1) is 0 Å². The second kappa shape index (κ2) is 7.26. The highest BCUT2D eigenvalue weighted by molar-refractivity contribution is 5.90. The Morgan fingerprint density at radius 1 is 1.10 bits per heavy atom. The molecule has 2 saturated heterocycles. The number of aliphatic hydroxyl groups excluding tert-OH is 1.